The van der Waals surface area contributed by atoms with E-state index in [2.05, 4.69) is 15.1 Å². The van der Waals surface area contributed by atoms with Crippen molar-refractivity contribution in [3.05, 3.63) is 15.9 Å². The van der Waals surface area contributed by atoms with Crippen LogP contribution in [0, 0.1) is 0 Å². The summed E-state index contributed by atoms with van der Waals surface area (Å²) < 4.78 is 1.28. The molecule has 0 fully saturated rings. The first-order valence-electron chi connectivity index (χ1n) is 5.42. The number of hydrogen-bond donors (Lipinski definition) is 2. The lowest BCUT2D eigenvalue weighted by Gasteiger charge is -2.03. The number of aromatic nitrogens is 4. The molecule has 7 heteroatoms. The number of unbranched alkanes of at least 4 members (excludes halogenated alkanes) is 1. The maximum atomic E-state index is 11.8. The molecule has 2 aromatic heterocycles. The molecule has 0 radical (unpaired) electrons. The highest BCUT2D eigenvalue weighted by molar-refractivity contribution is 7.98. The highest BCUT2D eigenvalue weighted by Gasteiger charge is 2.14. The summed E-state index contributed by atoms with van der Waals surface area (Å²) in [5.41, 5.74) is 0.0837. The van der Waals surface area contributed by atoms with Gasteiger partial charge in [0.1, 0.15) is 0 Å². The van der Waals surface area contributed by atoms with Crippen molar-refractivity contribution in [3.8, 4) is 5.88 Å². The van der Waals surface area contributed by atoms with E-state index in [0.29, 0.717) is 17.1 Å². The van der Waals surface area contributed by atoms with Gasteiger partial charge in [0.25, 0.3) is 5.56 Å². The molecule has 0 saturated carbocycles. The van der Waals surface area contributed by atoms with Crippen molar-refractivity contribution >= 4 is 17.5 Å². The third-order valence-corrected chi connectivity index (χ3v) is 3.06. The minimum absolute atomic E-state index is 0.106. The van der Waals surface area contributed by atoms with Gasteiger partial charge in [-0.3, -0.25) is 9.78 Å². The van der Waals surface area contributed by atoms with Gasteiger partial charge in [0, 0.05) is 0 Å². The summed E-state index contributed by atoms with van der Waals surface area (Å²) in [7, 11) is 0. The third kappa shape index (κ3) is 2.14. The van der Waals surface area contributed by atoms with Gasteiger partial charge in [0.2, 0.25) is 16.8 Å². The summed E-state index contributed by atoms with van der Waals surface area (Å²) >= 11 is 1.36. The second kappa shape index (κ2) is 4.79. The van der Waals surface area contributed by atoms with Gasteiger partial charge in [-0.15, -0.1) is 5.10 Å². The van der Waals surface area contributed by atoms with Gasteiger partial charge >= 0.3 is 0 Å². The van der Waals surface area contributed by atoms with E-state index in [9.17, 15) is 9.90 Å². The van der Waals surface area contributed by atoms with Crippen LogP contribution >= 0.6 is 11.8 Å². The average Bonchev–Trinajstić information content (AvgIpc) is 2.72. The molecule has 0 atom stereocenters. The Balaban J connectivity index is 2.57. The second-order valence-corrected chi connectivity index (χ2v) is 4.47. The number of aromatic amines is 1. The van der Waals surface area contributed by atoms with Crippen molar-refractivity contribution in [2.45, 2.75) is 31.3 Å². The molecular formula is C10H14N4O2S. The van der Waals surface area contributed by atoms with Crippen LogP contribution in [0.2, 0.25) is 0 Å². The Labute approximate surface area is 102 Å². The van der Waals surface area contributed by atoms with E-state index in [0.717, 1.165) is 12.8 Å². The fraction of sp³-hybridized carbons (Fsp3) is 0.500. The first-order valence-corrected chi connectivity index (χ1v) is 6.64. The van der Waals surface area contributed by atoms with Crippen molar-refractivity contribution in [1.29, 1.82) is 0 Å². The number of fused-ring (bicyclic) bond motifs is 1. The summed E-state index contributed by atoms with van der Waals surface area (Å²) in [4.78, 5) is 18.5. The molecule has 2 heterocycles. The van der Waals surface area contributed by atoms with Crippen LogP contribution in [0.4, 0.5) is 0 Å². The number of nitrogens with one attached hydrogen (secondary N) is 1. The molecule has 0 unspecified atom stereocenters. The summed E-state index contributed by atoms with van der Waals surface area (Å²) in [5, 5.41) is 14.6. The zero-order valence-electron chi connectivity index (χ0n) is 9.73. The van der Waals surface area contributed by atoms with Gasteiger partial charge in [-0.05, 0) is 19.1 Å². The van der Waals surface area contributed by atoms with Crippen LogP contribution in [0.1, 0.15) is 25.3 Å². The second-order valence-electron chi connectivity index (χ2n) is 3.69. The predicted molar refractivity (Wildman–Crippen MR) is 65.7 cm³/mol. The minimum atomic E-state index is -0.288. The van der Waals surface area contributed by atoms with Gasteiger partial charge < -0.3 is 5.11 Å². The minimum Gasteiger partial charge on any atom is -0.493 e. The van der Waals surface area contributed by atoms with E-state index in [1.807, 2.05) is 13.2 Å². The molecule has 2 rings (SSSR count). The average molecular weight is 254 g/mol. The molecule has 17 heavy (non-hydrogen) atoms. The lowest BCUT2D eigenvalue weighted by molar-refractivity contribution is 0.424. The van der Waals surface area contributed by atoms with Crippen molar-refractivity contribution < 1.29 is 5.11 Å². The molecule has 0 aliphatic carbocycles. The summed E-state index contributed by atoms with van der Waals surface area (Å²) in [6, 6.07) is 0. The van der Waals surface area contributed by atoms with Crippen molar-refractivity contribution in [2.75, 3.05) is 6.26 Å². The summed E-state index contributed by atoms with van der Waals surface area (Å²) in [6.07, 6.45) is 4.19. The number of aromatic hydroxyl groups is 1. The molecular weight excluding hydrogens is 240 g/mol. The van der Waals surface area contributed by atoms with Crippen LogP contribution < -0.4 is 5.56 Å². The number of H-pyrrole nitrogens is 1. The normalized spacial score (nSPS) is 11.2. The van der Waals surface area contributed by atoms with E-state index in [4.69, 9.17) is 0 Å². The molecule has 6 nitrogen and oxygen atoms in total. The van der Waals surface area contributed by atoms with Crippen molar-refractivity contribution in [2.24, 2.45) is 0 Å². The van der Waals surface area contributed by atoms with Crippen LogP contribution in [0.25, 0.3) is 5.78 Å². The molecule has 0 aliphatic heterocycles. The molecule has 0 aromatic carbocycles. The Bertz CT molecular complexity index is 590. The van der Waals surface area contributed by atoms with Crippen LogP contribution in [0.3, 0.4) is 0 Å². The molecule has 0 bridgehead atoms. The topological polar surface area (TPSA) is 83.3 Å². The van der Waals surface area contributed by atoms with Gasteiger partial charge in [0.05, 0.1) is 5.56 Å². The maximum absolute atomic E-state index is 11.8. The Morgan fingerprint density at radius 3 is 2.94 bits per heavy atom. The van der Waals surface area contributed by atoms with Crippen molar-refractivity contribution in [1.82, 2.24) is 19.6 Å². The fourth-order valence-corrected chi connectivity index (χ4v) is 1.93. The van der Waals surface area contributed by atoms with Gasteiger partial charge in [-0.25, -0.2) is 0 Å². The highest BCUT2D eigenvalue weighted by Crippen LogP contribution is 2.17. The molecule has 0 aliphatic rings. The van der Waals surface area contributed by atoms with E-state index in [-0.39, 0.29) is 17.2 Å². The number of hydrogen-bond acceptors (Lipinski definition) is 5. The number of nitrogens with zero attached hydrogens (tertiary/aromatic N) is 3. The molecule has 2 aromatic rings. The molecule has 0 spiro atoms. The Morgan fingerprint density at radius 1 is 1.53 bits per heavy atom. The highest BCUT2D eigenvalue weighted by atomic mass is 32.2. The largest absolute Gasteiger partial charge is 0.493 e. The van der Waals surface area contributed by atoms with E-state index in [1.54, 1.807) is 0 Å². The van der Waals surface area contributed by atoms with Crippen LogP contribution in [-0.4, -0.2) is 30.9 Å². The molecule has 92 valence electrons. The fourth-order valence-electron chi connectivity index (χ4n) is 1.59. The zero-order valence-corrected chi connectivity index (χ0v) is 10.5. The molecule has 0 saturated heterocycles. The quantitative estimate of drug-likeness (QED) is 0.801. The zero-order chi connectivity index (χ0) is 12.4. The molecule has 2 N–H and O–H groups in total. The predicted octanol–water partition coefficient (Wildman–Crippen LogP) is 1.19. The number of rotatable bonds is 4. The van der Waals surface area contributed by atoms with E-state index >= 15 is 0 Å². The smallest absolute Gasteiger partial charge is 0.259 e. The Morgan fingerprint density at radius 2 is 2.29 bits per heavy atom. The summed E-state index contributed by atoms with van der Waals surface area (Å²) in [6.45, 7) is 2.03. The standard InChI is InChI=1S/C10H14N4O2S/c1-3-4-5-6-7(15)11-9-12-10(17-2)13-14(9)8(6)16/h16H,3-5H2,1-2H3,(H,11,12,13,15). The first-order chi connectivity index (χ1) is 8.17. The summed E-state index contributed by atoms with van der Waals surface area (Å²) in [5.74, 6) is 0.169. The first kappa shape index (κ1) is 12.0. The SMILES string of the molecule is CCCCc1c(O)n2nc(SC)nc2[nH]c1=O. The van der Waals surface area contributed by atoms with Crippen LogP contribution in [0.15, 0.2) is 9.95 Å². The third-order valence-electron chi connectivity index (χ3n) is 2.52. The van der Waals surface area contributed by atoms with Gasteiger partial charge in [-0.1, -0.05) is 25.1 Å². The van der Waals surface area contributed by atoms with E-state index < -0.39 is 0 Å². The van der Waals surface area contributed by atoms with Crippen LogP contribution in [0.5, 0.6) is 5.88 Å². The Hall–Kier alpha value is -1.50. The monoisotopic (exact) mass is 254 g/mol. The Kier molecular flexibility index (Phi) is 3.37. The maximum Gasteiger partial charge on any atom is 0.259 e. The number of thioether (sulfide) groups is 1. The van der Waals surface area contributed by atoms with E-state index in [1.165, 1.54) is 16.3 Å². The van der Waals surface area contributed by atoms with Gasteiger partial charge in [-0.2, -0.15) is 9.50 Å². The molecule has 0 amide bonds. The lowest BCUT2D eigenvalue weighted by atomic mass is 10.1. The van der Waals surface area contributed by atoms with Crippen LogP contribution in [-0.2, 0) is 6.42 Å². The van der Waals surface area contributed by atoms with Crippen molar-refractivity contribution in [3.63, 3.8) is 0 Å². The van der Waals surface area contributed by atoms with Gasteiger partial charge in [0.15, 0.2) is 0 Å². The lowest BCUT2D eigenvalue weighted by Crippen LogP contribution is -2.16.